The van der Waals surface area contributed by atoms with Crippen molar-refractivity contribution in [2.45, 2.75) is 27.7 Å². The van der Waals surface area contributed by atoms with Gasteiger partial charge in [0.15, 0.2) is 0 Å². The molecule has 17 heavy (non-hydrogen) atoms. The number of aryl methyl sites for hydroxylation is 2. The second kappa shape index (κ2) is 10.3. The number of benzene rings is 1. The Labute approximate surface area is 107 Å². The van der Waals surface area contributed by atoms with Gasteiger partial charge in [-0.1, -0.05) is 49.2 Å². The predicted octanol–water partition coefficient (Wildman–Crippen LogP) is 2.85. The molecule has 0 radical (unpaired) electrons. The van der Waals surface area contributed by atoms with E-state index in [-0.39, 0.29) is 0 Å². The molecule has 0 amide bonds. The van der Waals surface area contributed by atoms with E-state index < -0.39 is 0 Å². The average molecular weight is 236 g/mol. The monoisotopic (exact) mass is 236 g/mol. The van der Waals surface area contributed by atoms with Gasteiger partial charge in [0.1, 0.15) is 0 Å². The molecule has 0 saturated carbocycles. The summed E-state index contributed by atoms with van der Waals surface area (Å²) in [6.07, 6.45) is 0. The fourth-order valence-electron chi connectivity index (χ4n) is 1.41. The second-order valence-corrected chi connectivity index (χ2v) is 4.21. The van der Waals surface area contributed by atoms with E-state index in [0.717, 1.165) is 13.1 Å². The van der Waals surface area contributed by atoms with E-state index in [2.05, 4.69) is 55.4 Å². The zero-order valence-electron chi connectivity index (χ0n) is 12.1. The van der Waals surface area contributed by atoms with Crippen LogP contribution in [0.2, 0.25) is 0 Å². The summed E-state index contributed by atoms with van der Waals surface area (Å²) >= 11 is 0. The van der Waals surface area contributed by atoms with Crippen molar-refractivity contribution in [1.29, 1.82) is 0 Å². The van der Waals surface area contributed by atoms with Gasteiger partial charge in [0, 0.05) is 26.2 Å². The van der Waals surface area contributed by atoms with E-state index >= 15 is 0 Å². The van der Waals surface area contributed by atoms with Gasteiger partial charge in [-0.3, -0.25) is 0 Å². The van der Waals surface area contributed by atoms with Crippen LogP contribution in [0.25, 0.3) is 0 Å². The van der Waals surface area contributed by atoms with Crippen molar-refractivity contribution < 1.29 is 0 Å². The van der Waals surface area contributed by atoms with Gasteiger partial charge in [0.2, 0.25) is 0 Å². The smallest absolute Gasteiger partial charge is 0.0104 e. The van der Waals surface area contributed by atoms with Crippen molar-refractivity contribution in [3.63, 3.8) is 0 Å². The third-order valence-corrected chi connectivity index (χ3v) is 2.56. The van der Waals surface area contributed by atoms with Crippen LogP contribution in [0, 0.1) is 13.8 Å². The standard InChI is InChI=1S/C8H10.C5H12N2.C2H6/c1-7-3-5-8(2)6-4-7;1-7-4-2-6-3-5-7;1-2/h3-6H,1-2H3;6H,2-5H2,1H3;1-2H3. The molecule has 1 aliphatic rings. The molecule has 1 aliphatic heterocycles. The molecule has 0 aliphatic carbocycles. The highest BCUT2D eigenvalue weighted by molar-refractivity contribution is 5.19. The van der Waals surface area contributed by atoms with Crippen LogP contribution in [0.4, 0.5) is 0 Å². The minimum atomic E-state index is 1.16. The fourth-order valence-corrected chi connectivity index (χ4v) is 1.41. The maximum absolute atomic E-state index is 3.27. The quantitative estimate of drug-likeness (QED) is 0.745. The first kappa shape index (κ1) is 16.1. The van der Waals surface area contributed by atoms with Crippen molar-refractivity contribution >= 4 is 0 Å². The van der Waals surface area contributed by atoms with E-state index in [4.69, 9.17) is 0 Å². The minimum Gasteiger partial charge on any atom is -0.314 e. The van der Waals surface area contributed by atoms with Gasteiger partial charge in [-0.25, -0.2) is 0 Å². The zero-order chi connectivity index (χ0) is 13.1. The Morgan fingerprint density at radius 1 is 0.882 bits per heavy atom. The molecule has 98 valence electrons. The number of hydrogen-bond donors (Lipinski definition) is 1. The Morgan fingerprint density at radius 3 is 1.47 bits per heavy atom. The molecule has 2 nitrogen and oxygen atoms in total. The van der Waals surface area contributed by atoms with Gasteiger partial charge in [-0.05, 0) is 20.9 Å². The summed E-state index contributed by atoms with van der Waals surface area (Å²) in [6.45, 7) is 12.9. The summed E-state index contributed by atoms with van der Waals surface area (Å²) < 4.78 is 0. The predicted molar refractivity (Wildman–Crippen MR) is 77.6 cm³/mol. The van der Waals surface area contributed by atoms with Crippen LogP contribution in [0.5, 0.6) is 0 Å². The summed E-state index contributed by atoms with van der Waals surface area (Å²) in [5.41, 5.74) is 2.66. The molecule has 1 heterocycles. The summed E-state index contributed by atoms with van der Waals surface area (Å²) in [5, 5.41) is 3.27. The van der Waals surface area contributed by atoms with Gasteiger partial charge in [0.05, 0.1) is 0 Å². The average Bonchev–Trinajstić information content (AvgIpc) is 2.37. The third kappa shape index (κ3) is 8.90. The Morgan fingerprint density at radius 2 is 1.24 bits per heavy atom. The van der Waals surface area contributed by atoms with E-state index in [9.17, 15) is 0 Å². The number of hydrogen-bond acceptors (Lipinski definition) is 2. The normalized spacial score (nSPS) is 15.1. The van der Waals surface area contributed by atoms with Crippen LogP contribution in [0.15, 0.2) is 24.3 Å². The molecule has 0 bridgehead atoms. The fraction of sp³-hybridized carbons (Fsp3) is 0.600. The van der Waals surface area contributed by atoms with Gasteiger partial charge in [0.25, 0.3) is 0 Å². The van der Waals surface area contributed by atoms with Gasteiger partial charge in [-0.2, -0.15) is 0 Å². The van der Waals surface area contributed by atoms with Crippen molar-refractivity contribution in [2.75, 3.05) is 33.2 Å². The van der Waals surface area contributed by atoms with Gasteiger partial charge < -0.3 is 10.2 Å². The van der Waals surface area contributed by atoms with Crippen LogP contribution in [0.3, 0.4) is 0 Å². The molecule has 1 aromatic carbocycles. The number of nitrogens with zero attached hydrogens (tertiary/aromatic N) is 1. The molecule has 0 unspecified atom stereocenters. The van der Waals surface area contributed by atoms with E-state index in [1.807, 2.05) is 13.8 Å². The van der Waals surface area contributed by atoms with E-state index in [0.29, 0.717) is 0 Å². The summed E-state index contributed by atoms with van der Waals surface area (Å²) in [6, 6.07) is 8.48. The highest BCUT2D eigenvalue weighted by Gasteiger charge is 2.01. The number of likely N-dealkylation sites (N-methyl/N-ethyl adjacent to an activating group) is 1. The van der Waals surface area contributed by atoms with Crippen molar-refractivity contribution in [3.8, 4) is 0 Å². The molecular formula is C15H28N2. The number of nitrogens with one attached hydrogen (secondary N) is 1. The maximum atomic E-state index is 3.27. The largest absolute Gasteiger partial charge is 0.314 e. The molecule has 1 N–H and O–H groups in total. The minimum absolute atomic E-state index is 1.16. The molecule has 0 spiro atoms. The molecule has 1 fully saturated rings. The number of rotatable bonds is 0. The molecule has 2 heteroatoms. The molecule has 1 aromatic rings. The van der Waals surface area contributed by atoms with Crippen LogP contribution in [-0.2, 0) is 0 Å². The molecule has 0 aromatic heterocycles. The first-order valence-electron chi connectivity index (χ1n) is 6.61. The van der Waals surface area contributed by atoms with Crippen molar-refractivity contribution in [1.82, 2.24) is 10.2 Å². The third-order valence-electron chi connectivity index (χ3n) is 2.56. The lowest BCUT2D eigenvalue weighted by Crippen LogP contribution is -2.40. The van der Waals surface area contributed by atoms with E-state index in [1.54, 1.807) is 0 Å². The maximum Gasteiger partial charge on any atom is 0.0104 e. The van der Waals surface area contributed by atoms with Crippen molar-refractivity contribution in [2.24, 2.45) is 0 Å². The van der Waals surface area contributed by atoms with Crippen LogP contribution < -0.4 is 5.32 Å². The Kier molecular flexibility index (Phi) is 9.78. The van der Waals surface area contributed by atoms with Crippen LogP contribution in [-0.4, -0.2) is 38.1 Å². The first-order valence-corrected chi connectivity index (χ1v) is 6.61. The summed E-state index contributed by atoms with van der Waals surface area (Å²) in [5.74, 6) is 0. The van der Waals surface area contributed by atoms with Crippen molar-refractivity contribution in [3.05, 3.63) is 35.4 Å². The topological polar surface area (TPSA) is 15.3 Å². The zero-order valence-corrected chi connectivity index (χ0v) is 12.1. The van der Waals surface area contributed by atoms with Crippen LogP contribution in [0.1, 0.15) is 25.0 Å². The molecule has 2 rings (SSSR count). The van der Waals surface area contributed by atoms with Crippen LogP contribution >= 0.6 is 0 Å². The Hall–Kier alpha value is -0.860. The molecule has 0 atom stereocenters. The first-order chi connectivity index (χ1) is 8.18. The van der Waals surface area contributed by atoms with Gasteiger partial charge >= 0.3 is 0 Å². The highest BCUT2D eigenvalue weighted by atomic mass is 15.2. The Bertz CT molecular complexity index is 240. The lowest BCUT2D eigenvalue weighted by molar-refractivity contribution is 0.291. The molecule has 1 saturated heterocycles. The van der Waals surface area contributed by atoms with Gasteiger partial charge in [-0.15, -0.1) is 0 Å². The highest BCUT2D eigenvalue weighted by Crippen LogP contribution is 1.99. The lowest BCUT2D eigenvalue weighted by Gasteiger charge is -2.21. The summed E-state index contributed by atoms with van der Waals surface area (Å²) in [7, 11) is 2.15. The van der Waals surface area contributed by atoms with E-state index in [1.165, 1.54) is 24.2 Å². The Balaban J connectivity index is 0.000000265. The number of piperazine rings is 1. The summed E-state index contributed by atoms with van der Waals surface area (Å²) in [4.78, 5) is 2.33. The molecular weight excluding hydrogens is 208 g/mol. The lowest BCUT2D eigenvalue weighted by atomic mass is 10.2. The SMILES string of the molecule is CC.CN1CCNCC1.Cc1ccc(C)cc1. The second-order valence-electron chi connectivity index (χ2n) is 4.21.